The minimum absolute atomic E-state index is 0.191. The number of hydrogen-bond acceptors (Lipinski definition) is 4. The van der Waals surface area contributed by atoms with Crippen molar-refractivity contribution in [1.82, 2.24) is 14.3 Å². The van der Waals surface area contributed by atoms with Crippen LogP contribution >= 0.6 is 0 Å². The summed E-state index contributed by atoms with van der Waals surface area (Å²) in [4.78, 5) is 30.8. The molecule has 180 valence electrons. The average Bonchev–Trinajstić information content (AvgIpc) is 3.07. The van der Waals surface area contributed by atoms with Crippen molar-refractivity contribution in [1.29, 1.82) is 0 Å². The number of amides is 1. The number of carbonyl (C=O) groups is 1. The standard InChI is InChI=1S/C27H35N5O2/c1-20-25(27(34)32(30(20)4)23-14-7-5-8-15-23)28-26(33)21(2)29(3)19-22-13-9-10-16-24(22)31-17-11-6-12-18-31/h5,7-10,13-16,21H,6,11-12,17-19H2,1-4H3,(H,28,33). The molecule has 0 spiro atoms. The van der Waals surface area contributed by atoms with E-state index in [9.17, 15) is 9.59 Å². The predicted octanol–water partition coefficient (Wildman–Crippen LogP) is 3.93. The largest absolute Gasteiger partial charge is 0.371 e. The first-order valence-electron chi connectivity index (χ1n) is 12.1. The highest BCUT2D eigenvalue weighted by atomic mass is 16.2. The molecular formula is C27H35N5O2. The molecule has 1 amide bonds. The van der Waals surface area contributed by atoms with Gasteiger partial charge in [0.25, 0.3) is 5.56 Å². The number of anilines is 2. The van der Waals surface area contributed by atoms with Crippen molar-refractivity contribution in [3.8, 4) is 5.69 Å². The molecule has 34 heavy (non-hydrogen) atoms. The van der Waals surface area contributed by atoms with Crippen LogP contribution in [0.4, 0.5) is 11.4 Å². The zero-order chi connectivity index (χ0) is 24.2. The lowest BCUT2D eigenvalue weighted by atomic mass is 10.1. The van der Waals surface area contributed by atoms with Crippen LogP contribution in [0.3, 0.4) is 0 Å². The first-order valence-corrected chi connectivity index (χ1v) is 12.1. The van der Waals surface area contributed by atoms with Gasteiger partial charge < -0.3 is 10.2 Å². The average molecular weight is 462 g/mol. The van der Waals surface area contributed by atoms with E-state index < -0.39 is 6.04 Å². The maximum atomic E-state index is 13.2. The minimum Gasteiger partial charge on any atom is -0.371 e. The Balaban J connectivity index is 1.50. The molecule has 2 aromatic carbocycles. The molecule has 1 aromatic heterocycles. The molecule has 0 radical (unpaired) electrons. The zero-order valence-corrected chi connectivity index (χ0v) is 20.6. The molecule has 0 aliphatic carbocycles. The summed E-state index contributed by atoms with van der Waals surface area (Å²) in [6.07, 6.45) is 3.74. The summed E-state index contributed by atoms with van der Waals surface area (Å²) in [6.45, 7) is 6.55. The van der Waals surface area contributed by atoms with Crippen molar-refractivity contribution >= 4 is 17.3 Å². The molecule has 7 heteroatoms. The van der Waals surface area contributed by atoms with Crippen molar-refractivity contribution in [3.63, 3.8) is 0 Å². The number of likely N-dealkylation sites (N-methyl/N-ethyl adjacent to an activating group) is 1. The van der Waals surface area contributed by atoms with E-state index in [4.69, 9.17) is 0 Å². The molecule has 1 atom stereocenters. The van der Waals surface area contributed by atoms with Gasteiger partial charge in [-0.25, -0.2) is 4.68 Å². The van der Waals surface area contributed by atoms with Crippen LogP contribution in [0.2, 0.25) is 0 Å². The summed E-state index contributed by atoms with van der Waals surface area (Å²) in [5.74, 6) is -0.191. The third-order valence-corrected chi connectivity index (χ3v) is 6.95. The summed E-state index contributed by atoms with van der Waals surface area (Å²) in [5, 5.41) is 2.91. The van der Waals surface area contributed by atoms with E-state index in [2.05, 4.69) is 34.5 Å². The van der Waals surface area contributed by atoms with Gasteiger partial charge in [0.05, 0.1) is 17.4 Å². The topological polar surface area (TPSA) is 62.5 Å². The highest BCUT2D eigenvalue weighted by Crippen LogP contribution is 2.25. The van der Waals surface area contributed by atoms with Gasteiger partial charge in [-0.3, -0.25) is 19.2 Å². The lowest BCUT2D eigenvalue weighted by Gasteiger charge is -2.32. The van der Waals surface area contributed by atoms with Gasteiger partial charge in [0, 0.05) is 32.4 Å². The smallest absolute Gasteiger partial charge is 0.295 e. The minimum atomic E-state index is -0.404. The Bertz CT molecular complexity index is 1190. The van der Waals surface area contributed by atoms with E-state index in [1.165, 1.54) is 30.5 Å². The van der Waals surface area contributed by atoms with Crippen LogP contribution in [0.15, 0.2) is 59.4 Å². The van der Waals surface area contributed by atoms with E-state index in [1.807, 2.05) is 63.2 Å². The van der Waals surface area contributed by atoms with Crippen LogP contribution in [0.1, 0.15) is 37.4 Å². The monoisotopic (exact) mass is 461 g/mol. The van der Waals surface area contributed by atoms with E-state index in [0.29, 0.717) is 17.9 Å². The molecule has 1 fully saturated rings. The van der Waals surface area contributed by atoms with Crippen LogP contribution in [-0.2, 0) is 18.4 Å². The van der Waals surface area contributed by atoms with Gasteiger partial charge in [0.15, 0.2) is 0 Å². The van der Waals surface area contributed by atoms with Crippen LogP contribution in [0, 0.1) is 6.92 Å². The Morgan fingerprint density at radius 3 is 2.38 bits per heavy atom. The summed E-state index contributed by atoms with van der Waals surface area (Å²) in [5.41, 5.74) is 4.04. The Morgan fingerprint density at radius 2 is 1.68 bits per heavy atom. The molecule has 0 bridgehead atoms. The first kappa shape index (κ1) is 23.8. The Kier molecular flexibility index (Phi) is 7.22. The summed E-state index contributed by atoms with van der Waals surface area (Å²) < 4.78 is 3.35. The molecule has 2 heterocycles. The number of aromatic nitrogens is 2. The van der Waals surface area contributed by atoms with E-state index in [-0.39, 0.29) is 11.5 Å². The second-order valence-corrected chi connectivity index (χ2v) is 9.19. The number of nitrogens with one attached hydrogen (secondary N) is 1. The fourth-order valence-corrected chi connectivity index (χ4v) is 4.63. The number of benzene rings is 2. The van der Waals surface area contributed by atoms with Gasteiger partial charge in [-0.15, -0.1) is 0 Å². The molecule has 0 saturated carbocycles. The quantitative estimate of drug-likeness (QED) is 0.579. The molecule has 4 rings (SSSR count). The predicted molar refractivity (Wildman–Crippen MR) is 138 cm³/mol. The third kappa shape index (κ3) is 4.80. The highest BCUT2D eigenvalue weighted by Gasteiger charge is 2.24. The molecule has 1 unspecified atom stereocenters. The van der Waals surface area contributed by atoms with E-state index >= 15 is 0 Å². The molecule has 1 saturated heterocycles. The first-order chi connectivity index (χ1) is 16.4. The number of hydrogen-bond donors (Lipinski definition) is 1. The van der Waals surface area contributed by atoms with Crippen molar-refractivity contribution in [2.45, 2.75) is 45.7 Å². The maximum Gasteiger partial charge on any atom is 0.295 e. The van der Waals surface area contributed by atoms with Crippen LogP contribution in [-0.4, -0.2) is 46.3 Å². The maximum absolute atomic E-state index is 13.2. The fourth-order valence-electron chi connectivity index (χ4n) is 4.63. The van der Waals surface area contributed by atoms with Crippen LogP contribution < -0.4 is 15.8 Å². The number of para-hydroxylation sites is 2. The summed E-state index contributed by atoms with van der Waals surface area (Å²) in [6, 6.07) is 17.5. The Labute approximate surface area is 201 Å². The van der Waals surface area contributed by atoms with Gasteiger partial charge in [0.1, 0.15) is 5.69 Å². The van der Waals surface area contributed by atoms with Gasteiger partial charge in [-0.05, 0) is 63.9 Å². The van der Waals surface area contributed by atoms with Crippen molar-refractivity contribution in [2.75, 3.05) is 30.4 Å². The van der Waals surface area contributed by atoms with Crippen LogP contribution in [0.25, 0.3) is 5.69 Å². The lowest BCUT2D eigenvalue weighted by Crippen LogP contribution is -2.40. The van der Waals surface area contributed by atoms with E-state index in [0.717, 1.165) is 18.8 Å². The van der Waals surface area contributed by atoms with E-state index in [1.54, 1.807) is 9.36 Å². The fraction of sp³-hybridized carbons (Fsp3) is 0.407. The third-order valence-electron chi connectivity index (χ3n) is 6.95. The summed E-state index contributed by atoms with van der Waals surface area (Å²) >= 11 is 0. The number of nitrogens with zero attached hydrogens (tertiary/aromatic N) is 4. The Hall–Kier alpha value is -3.32. The number of rotatable bonds is 7. The van der Waals surface area contributed by atoms with Crippen molar-refractivity contribution in [3.05, 3.63) is 76.2 Å². The highest BCUT2D eigenvalue weighted by molar-refractivity contribution is 5.95. The van der Waals surface area contributed by atoms with Gasteiger partial charge in [-0.1, -0.05) is 36.4 Å². The second kappa shape index (κ2) is 10.3. The zero-order valence-electron chi connectivity index (χ0n) is 20.6. The molecule has 1 aliphatic heterocycles. The molecule has 7 nitrogen and oxygen atoms in total. The Morgan fingerprint density at radius 1 is 1.03 bits per heavy atom. The van der Waals surface area contributed by atoms with Crippen molar-refractivity contribution in [2.24, 2.45) is 7.05 Å². The molecule has 1 N–H and O–H groups in total. The second-order valence-electron chi connectivity index (χ2n) is 9.19. The summed E-state index contributed by atoms with van der Waals surface area (Å²) in [7, 11) is 3.78. The van der Waals surface area contributed by atoms with Gasteiger partial charge in [-0.2, -0.15) is 0 Å². The molecule has 1 aliphatic rings. The lowest BCUT2D eigenvalue weighted by molar-refractivity contribution is -0.120. The van der Waals surface area contributed by atoms with Gasteiger partial charge in [0.2, 0.25) is 5.91 Å². The SMILES string of the molecule is Cc1c(NC(=O)C(C)N(C)Cc2ccccc2N2CCCCC2)c(=O)n(-c2ccccc2)n1C. The molecular weight excluding hydrogens is 426 g/mol. The van der Waals surface area contributed by atoms with Crippen LogP contribution in [0.5, 0.6) is 0 Å². The normalized spacial score (nSPS) is 14.9. The number of piperidine rings is 1. The number of carbonyl (C=O) groups excluding carboxylic acids is 1. The molecule has 3 aromatic rings. The van der Waals surface area contributed by atoms with Gasteiger partial charge >= 0.3 is 0 Å². The van der Waals surface area contributed by atoms with Crippen molar-refractivity contribution < 1.29 is 4.79 Å².